The van der Waals surface area contributed by atoms with Gasteiger partial charge in [-0.1, -0.05) is 30.0 Å². The summed E-state index contributed by atoms with van der Waals surface area (Å²) in [7, 11) is 3.29. The van der Waals surface area contributed by atoms with Crippen LogP contribution >= 0.6 is 11.8 Å². The standard InChI is InChI=1S/C25H25N5O3S/c1-32-18-10-11-22(33-2)19(13-18)21-9-6-12-29(21)23(31)15-34-25-20-14-28-30(24(20)26-16-27-25)17-7-4-3-5-8-17/h3-5,7-8,10-11,13-14,16,21H,6,9,12,15H2,1-2H3/t21-/m1/s1. The van der Waals surface area contributed by atoms with Crippen LogP contribution in [0.2, 0.25) is 0 Å². The smallest absolute Gasteiger partial charge is 0.233 e. The van der Waals surface area contributed by atoms with E-state index in [1.54, 1.807) is 25.1 Å². The Labute approximate surface area is 201 Å². The van der Waals surface area contributed by atoms with E-state index in [-0.39, 0.29) is 17.7 Å². The number of hydrogen-bond acceptors (Lipinski definition) is 7. The summed E-state index contributed by atoms with van der Waals surface area (Å²) in [6.45, 7) is 0.718. The number of thioether (sulfide) groups is 1. The number of carbonyl (C=O) groups is 1. The van der Waals surface area contributed by atoms with E-state index in [9.17, 15) is 4.79 Å². The Morgan fingerprint density at radius 1 is 1.12 bits per heavy atom. The maximum absolute atomic E-state index is 13.3. The zero-order valence-corrected chi connectivity index (χ0v) is 19.9. The number of para-hydroxylation sites is 1. The Balaban J connectivity index is 1.35. The van der Waals surface area contributed by atoms with Crippen LogP contribution < -0.4 is 9.47 Å². The lowest BCUT2D eigenvalue weighted by atomic mass is 10.0. The van der Waals surface area contributed by atoms with Crippen LogP contribution in [0.15, 0.2) is 66.1 Å². The molecule has 3 heterocycles. The van der Waals surface area contributed by atoms with E-state index in [2.05, 4.69) is 15.1 Å². The summed E-state index contributed by atoms with van der Waals surface area (Å²) >= 11 is 1.42. The number of benzene rings is 2. The highest BCUT2D eigenvalue weighted by Gasteiger charge is 2.32. The Hall–Kier alpha value is -3.59. The zero-order valence-electron chi connectivity index (χ0n) is 19.0. The Morgan fingerprint density at radius 2 is 1.97 bits per heavy atom. The van der Waals surface area contributed by atoms with Crippen LogP contribution in [0.3, 0.4) is 0 Å². The molecule has 9 heteroatoms. The summed E-state index contributed by atoms with van der Waals surface area (Å²) in [6, 6.07) is 15.5. The number of nitrogens with zero attached hydrogens (tertiary/aromatic N) is 5. The number of likely N-dealkylation sites (tertiary alicyclic amines) is 1. The van der Waals surface area contributed by atoms with Gasteiger partial charge in [0.1, 0.15) is 22.9 Å². The molecule has 2 aromatic carbocycles. The van der Waals surface area contributed by atoms with Gasteiger partial charge in [-0.15, -0.1) is 0 Å². The van der Waals surface area contributed by atoms with E-state index in [1.807, 2.05) is 53.4 Å². The van der Waals surface area contributed by atoms with Crippen LogP contribution in [0, 0.1) is 0 Å². The average molecular weight is 476 g/mol. The minimum Gasteiger partial charge on any atom is -0.497 e. The summed E-state index contributed by atoms with van der Waals surface area (Å²) in [5, 5.41) is 6.07. The maximum atomic E-state index is 13.3. The van der Waals surface area contributed by atoms with Crippen LogP contribution in [-0.2, 0) is 4.79 Å². The molecule has 1 atom stereocenters. The van der Waals surface area contributed by atoms with Crippen molar-refractivity contribution in [1.29, 1.82) is 0 Å². The second-order valence-electron chi connectivity index (χ2n) is 7.95. The van der Waals surface area contributed by atoms with E-state index >= 15 is 0 Å². The fraction of sp³-hybridized carbons (Fsp3) is 0.280. The molecule has 1 aliphatic heterocycles. The van der Waals surface area contributed by atoms with Crippen molar-refractivity contribution in [3.8, 4) is 17.2 Å². The van der Waals surface area contributed by atoms with Crippen molar-refractivity contribution in [2.24, 2.45) is 0 Å². The number of aromatic nitrogens is 4. The van der Waals surface area contributed by atoms with Crippen molar-refractivity contribution in [1.82, 2.24) is 24.6 Å². The molecule has 0 N–H and O–H groups in total. The second kappa shape index (κ2) is 9.72. The molecule has 0 unspecified atom stereocenters. The number of methoxy groups -OCH3 is 2. The predicted molar refractivity (Wildman–Crippen MR) is 131 cm³/mol. The molecule has 174 valence electrons. The minimum atomic E-state index is -0.0376. The maximum Gasteiger partial charge on any atom is 0.233 e. The molecule has 1 saturated heterocycles. The van der Waals surface area contributed by atoms with Gasteiger partial charge in [-0.3, -0.25) is 4.79 Å². The monoisotopic (exact) mass is 475 g/mol. The average Bonchev–Trinajstić information content (AvgIpc) is 3.55. The van der Waals surface area contributed by atoms with Gasteiger partial charge in [-0.25, -0.2) is 14.6 Å². The molecular weight excluding hydrogens is 450 g/mol. The highest BCUT2D eigenvalue weighted by molar-refractivity contribution is 8.00. The molecular formula is C25H25N5O3S. The van der Waals surface area contributed by atoms with Crippen molar-refractivity contribution < 1.29 is 14.3 Å². The predicted octanol–water partition coefficient (Wildman–Crippen LogP) is 4.29. The molecule has 0 bridgehead atoms. The van der Waals surface area contributed by atoms with Gasteiger partial charge < -0.3 is 14.4 Å². The third kappa shape index (κ3) is 4.19. The summed E-state index contributed by atoms with van der Waals surface area (Å²) < 4.78 is 12.8. The van der Waals surface area contributed by atoms with Gasteiger partial charge >= 0.3 is 0 Å². The molecule has 4 aromatic rings. The summed E-state index contributed by atoms with van der Waals surface area (Å²) in [5.41, 5.74) is 2.62. The Kier molecular flexibility index (Phi) is 6.35. The molecule has 1 amide bonds. The van der Waals surface area contributed by atoms with Crippen LogP contribution in [0.25, 0.3) is 16.7 Å². The van der Waals surface area contributed by atoms with Crippen molar-refractivity contribution >= 4 is 28.7 Å². The first kappa shape index (κ1) is 22.2. The molecule has 5 rings (SSSR count). The SMILES string of the molecule is COc1ccc(OC)c([C@H]2CCCN2C(=O)CSc2ncnc3c2cnn3-c2ccccc2)c1. The topological polar surface area (TPSA) is 82.4 Å². The van der Waals surface area contributed by atoms with Crippen LogP contribution in [-0.4, -0.2) is 57.1 Å². The van der Waals surface area contributed by atoms with Crippen LogP contribution in [0.5, 0.6) is 11.5 Å². The molecule has 34 heavy (non-hydrogen) atoms. The van der Waals surface area contributed by atoms with Gasteiger partial charge in [0.25, 0.3) is 0 Å². The molecule has 0 aliphatic carbocycles. The molecule has 2 aromatic heterocycles. The first-order valence-electron chi connectivity index (χ1n) is 11.1. The molecule has 1 fully saturated rings. The van der Waals surface area contributed by atoms with Gasteiger partial charge in [-0.05, 0) is 43.2 Å². The molecule has 0 radical (unpaired) electrons. The third-order valence-corrected chi connectivity index (χ3v) is 7.02. The Bertz CT molecular complexity index is 1310. The fourth-order valence-corrected chi connectivity index (χ4v) is 5.24. The highest BCUT2D eigenvalue weighted by atomic mass is 32.2. The van der Waals surface area contributed by atoms with Gasteiger partial charge in [-0.2, -0.15) is 5.10 Å². The van der Waals surface area contributed by atoms with E-state index < -0.39 is 0 Å². The van der Waals surface area contributed by atoms with Crippen LogP contribution in [0.4, 0.5) is 0 Å². The number of fused-ring (bicyclic) bond motifs is 1. The molecule has 0 saturated carbocycles. The normalized spacial score (nSPS) is 15.6. The molecule has 0 spiro atoms. The van der Waals surface area contributed by atoms with Gasteiger partial charge in [0.15, 0.2) is 5.65 Å². The second-order valence-corrected chi connectivity index (χ2v) is 8.91. The van der Waals surface area contributed by atoms with Gasteiger partial charge in [0.2, 0.25) is 5.91 Å². The van der Waals surface area contributed by atoms with E-state index in [0.29, 0.717) is 0 Å². The van der Waals surface area contributed by atoms with E-state index in [1.165, 1.54) is 18.1 Å². The Morgan fingerprint density at radius 3 is 2.76 bits per heavy atom. The van der Waals surface area contributed by atoms with Crippen LogP contribution in [0.1, 0.15) is 24.4 Å². The number of carbonyl (C=O) groups excluding carboxylic acids is 1. The first-order chi connectivity index (χ1) is 16.7. The third-order valence-electron chi connectivity index (χ3n) is 6.03. The minimum absolute atomic E-state index is 0.0376. The van der Waals surface area contributed by atoms with Gasteiger partial charge in [0.05, 0.1) is 43.3 Å². The van der Waals surface area contributed by atoms with Crippen molar-refractivity contribution in [3.05, 3.63) is 66.6 Å². The lowest BCUT2D eigenvalue weighted by molar-refractivity contribution is -0.129. The lowest BCUT2D eigenvalue weighted by Gasteiger charge is -2.26. The van der Waals surface area contributed by atoms with Crippen molar-refractivity contribution in [3.63, 3.8) is 0 Å². The fourth-order valence-electron chi connectivity index (χ4n) is 4.40. The zero-order chi connectivity index (χ0) is 23.5. The van der Waals surface area contributed by atoms with E-state index in [0.717, 1.165) is 58.2 Å². The number of amides is 1. The summed E-state index contributed by atoms with van der Waals surface area (Å²) in [5.74, 6) is 1.87. The quantitative estimate of drug-likeness (QED) is 0.291. The van der Waals surface area contributed by atoms with E-state index in [4.69, 9.17) is 9.47 Å². The lowest BCUT2D eigenvalue weighted by Crippen LogP contribution is -2.32. The number of ether oxygens (including phenoxy) is 2. The van der Waals surface area contributed by atoms with Gasteiger partial charge in [0, 0.05) is 12.1 Å². The van der Waals surface area contributed by atoms with Crippen molar-refractivity contribution in [2.45, 2.75) is 23.9 Å². The summed E-state index contributed by atoms with van der Waals surface area (Å²) in [6.07, 6.45) is 5.12. The number of hydrogen-bond donors (Lipinski definition) is 0. The number of rotatable bonds is 7. The highest BCUT2D eigenvalue weighted by Crippen LogP contribution is 2.39. The summed E-state index contributed by atoms with van der Waals surface area (Å²) in [4.78, 5) is 24.1. The largest absolute Gasteiger partial charge is 0.497 e. The first-order valence-corrected chi connectivity index (χ1v) is 12.1. The van der Waals surface area contributed by atoms with Crippen molar-refractivity contribution in [2.75, 3.05) is 26.5 Å². The molecule has 1 aliphatic rings. The molecule has 8 nitrogen and oxygen atoms in total.